The molecule has 1 rings (SSSR count). The lowest BCUT2D eigenvalue weighted by Crippen LogP contribution is -2.23. The molecule has 18 heavy (non-hydrogen) atoms. The third-order valence-corrected chi connectivity index (χ3v) is 3.38. The molecule has 1 atom stereocenters. The maximum absolute atomic E-state index is 12.4. The van der Waals surface area contributed by atoms with E-state index in [0.29, 0.717) is 24.2 Å². The Kier molecular flexibility index (Phi) is 5.54. The summed E-state index contributed by atoms with van der Waals surface area (Å²) >= 11 is 3.32. The van der Waals surface area contributed by atoms with Crippen LogP contribution in [0.2, 0.25) is 0 Å². The molecule has 1 aromatic rings. The van der Waals surface area contributed by atoms with Crippen LogP contribution in [0.4, 0.5) is 0 Å². The highest BCUT2D eigenvalue weighted by molar-refractivity contribution is 9.10. The van der Waals surface area contributed by atoms with Crippen molar-refractivity contribution in [3.8, 4) is 5.75 Å². The van der Waals surface area contributed by atoms with E-state index in [9.17, 15) is 9.59 Å². The lowest BCUT2D eigenvalue weighted by molar-refractivity contribution is -0.121. The second kappa shape index (κ2) is 6.69. The molecule has 98 valence electrons. The fourth-order valence-corrected chi connectivity index (χ4v) is 2.20. The minimum Gasteiger partial charge on any atom is -0.496 e. The Hall–Kier alpha value is -1.16. The van der Waals surface area contributed by atoms with Gasteiger partial charge in [0.1, 0.15) is 11.5 Å². The molecule has 0 radical (unpaired) electrons. The number of rotatable bonds is 6. The van der Waals surface area contributed by atoms with E-state index < -0.39 is 5.92 Å². The van der Waals surface area contributed by atoms with Gasteiger partial charge >= 0.3 is 0 Å². The molecule has 0 saturated heterocycles. The summed E-state index contributed by atoms with van der Waals surface area (Å²) in [6, 6.07) is 5.20. The van der Waals surface area contributed by atoms with Crippen molar-refractivity contribution >= 4 is 27.5 Å². The van der Waals surface area contributed by atoms with Crippen molar-refractivity contribution in [2.24, 2.45) is 5.92 Å². The van der Waals surface area contributed by atoms with E-state index >= 15 is 0 Å². The summed E-state index contributed by atoms with van der Waals surface area (Å²) in [4.78, 5) is 24.1. The third kappa shape index (κ3) is 3.19. The van der Waals surface area contributed by atoms with Crippen LogP contribution in [-0.2, 0) is 4.79 Å². The molecule has 1 unspecified atom stereocenters. The van der Waals surface area contributed by atoms with Crippen LogP contribution in [0.1, 0.15) is 37.0 Å². The molecule has 0 saturated carbocycles. The van der Waals surface area contributed by atoms with Crippen LogP contribution in [-0.4, -0.2) is 18.7 Å². The number of methoxy groups -OCH3 is 1. The average Bonchev–Trinajstić information content (AvgIpc) is 2.38. The zero-order valence-electron chi connectivity index (χ0n) is 10.8. The number of carbonyl (C=O) groups is 2. The minimum absolute atomic E-state index is 0.0209. The summed E-state index contributed by atoms with van der Waals surface area (Å²) in [7, 11) is 1.52. The highest BCUT2D eigenvalue weighted by Crippen LogP contribution is 2.27. The molecule has 0 spiro atoms. The number of hydrogen-bond acceptors (Lipinski definition) is 3. The van der Waals surface area contributed by atoms with Crippen LogP contribution in [0.3, 0.4) is 0 Å². The predicted octanol–water partition coefficient (Wildman–Crippen LogP) is 3.65. The summed E-state index contributed by atoms with van der Waals surface area (Å²) < 4.78 is 6.03. The number of halogens is 1. The number of carbonyl (C=O) groups excluding carboxylic acids is 2. The number of ether oxygens (including phenoxy) is 1. The van der Waals surface area contributed by atoms with Crippen LogP contribution in [0.25, 0.3) is 0 Å². The number of ketones is 2. The molecule has 0 aliphatic carbocycles. The van der Waals surface area contributed by atoms with Gasteiger partial charge in [0.15, 0.2) is 5.78 Å². The second-order valence-electron chi connectivity index (χ2n) is 3.99. The van der Waals surface area contributed by atoms with Crippen LogP contribution in [0, 0.1) is 5.92 Å². The summed E-state index contributed by atoms with van der Waals surface area (Å²) in [5.41, 5.74) is 0.467. The van der Waals surface area contributed by atoms with Gasteiger partial charge in [0.05, 0.1) is 18.6 Å². The summed E-state index contributed by atoms with van der Waals surface area (Å²) in [6.45, 7) is 3.62. The number of Topliss-reactive ketones (excluding diaryl/α,β-unsaturated/α-hetero) is 2. The van der Waals surface area contributed by atoms with Gasteiger partial charge in [0, 0.05) is 10.9 Å². The highest BCUT2D eigenvalue weighted by Gasteiger charge is 2.26. The second-order valence-corrected chi connectivity index (χ2v) is 4.91. The van der Waals surface area contributed by atoms with E-state index in [1.54, 1.807) is 25.1 Å². The summed E-state index contributed by atoms with van der Waals surface area (Å²) in [6.07, 6.45) is 0.897. The zero-order valence-corrected chi connectivity index (χ0v) is 12.4. The molecule has 0 aliphatic heterocycles. The molecule has 3 nitrogen and oxygen atoms in total. The normalized spacial score (nSPS) is 12.0. The molecule has 0 fully saturated rings. The fraction of sp³-hybridized carbons (Fsp3) is 0.429. The summed E-state index contributed by atoms with van der Waals surface area (Å²) in [5.74, 6) is -0.247. The van der Waals surface area contributed by atoms with Crippen molar-refractivity contribution in [2.75, 3.05) is 7.11 Å². The van der Waals surface area contributed by atoms with Crippen LogP contribution in [0.5, 0.6) is 5.75 Å². The van der Waals surface area contributed by atoms with E-state index in [1.165, 1.54) is 7.11 Å². The lowest BCUT2D eigenvalue weighted by atomic mass is 9.90. The highest BCUT2D eigenvalue weighted by atomic mass is 79.9. The van der Waals surface area contributed by atoms with Gasteiger partial charge in [-0.2, -0.15) is 0 Å². The van der Waals surface area contributed by atoms with E-state index in [-0.39, 0.29) is 11.6 Å². The van der Waals surface area contributed by atoms with Crippen LogP contribution >= 0.6 is 15.9 Å². The third-order valence-electron chi connectivity index (χ3n) is 2.89. The van der Waals surface area contributed by atoms with Gasteiger partial charge in [0.2, 0.25) is 0 Å². The predicted molar refractivity (Wildman–Crippen MR) is 74.1 cm³/mol. The van der Waals surface area contributed by atoms with Crippen LogP contribution in [0.15, 0.2) is 22.7 Å². The first-order chi connectivity index (χ1) is 8.54. The minimum atomic E-state index is -0.565. The van der Waals surface area contributed by atoms with Crippen molar-refractivity contribution < 1.29 is 14.3 Å². The van der Waals surface area contributed by atoms with E-state index in [2.05, 4.69) is 15.9 Å². The molecule has 0 heterocycles. The Bertz CT molecular complexity index is 454. The van der Waals surface area contributed by atoms with Crippen molar-refractivity contribution in [1.29, 1.82) is 0 Å². The van der Waals surface area contributed by atoms with Gasteiger partial charge in [-0.05, 0) is 24.6 Å². The largest absolute Gasteiger partial charge is 0.496 e. The monoisotopic (exact) mass is 312 g/mol. The number of benzene rings is 1. The van der Waals surface area contributed by atoms with E-state index in [4.69, 9.17) is 4.74 Å². The molecular formula is C14H17BrO3. The van der Waals surface area contributed by atoms with Gasteiger partial charge < -0.3 is 4.74 Å². The van der Waals surface area contributed by atoms with Gasteiger partial charge in [0.25, 0.3) is 0 Å². The average molecular weight is 313 g/mol. The molecular weight excluding hydrogens is 296 g/mol. The first-order valence-electron chi connectivity index (χ1n) is 5.95. The van der Waals surface area contributed by atoms with Crippen molar-refractivity contribution in [3.63, 3.8) is 0 Å². The molecule has 0 bridgehead atoms. The number of hydrogen-bond donors (Lipinski definition) is 0. The molecule has 0 N–H and O–H groups in total. The fourth-order valence-electron chi connectivity index (χ4n) is 1.86. The van der Waals surface area contributed by atoms with Crippen LogP contribution < -0.4 is 4.74 Å². The van der Waals surface area contributed by atoms with Gasteiger partial charge in [-0.1, -0.05) is 29.8 Å². The maximum atomic E-state index is 12.4. The van der Waals surface area contributed by atoms with Crippen molar-refractivity contribution in [3.05, 3.63) is 28.2 Å². The Morgan fingerprint density at radius 3 is 2.50 bits per heavy atom. The van der Waals surface area contributed by atoms with Gasteiger partial charge in [-0.25, -0.2) is 0 Å². The molecule has 4 heteroatoms. The quantitative estimate of drug-likeness (QED) is 0.595. The lowest BCUT2D eigenvalue weighted by Gasteiger charge is -2.14. The topological polar surface area (TPSA) is 43.4 Å². The van der Waals surface area contributed by atoms with Crippen molar-refractivity contribution in [2.45, 2.75) is 26.7 Å². The standard InChI is InChI=1S/C14H17BrO3/c1-4-10(12(16)5-2)14(17)11-7-6-9(15)8-13(11)18-3/h6-8,10H,4-5H2,1-3H3. The first kappa shape index (κ1) is 14.9. The summed E-state index contributed by atoms with van der Waals surface area (Å²) in [5, 5.41) is 0. The molecule has 0 amide bonds. The molecule has 0 aliphatic rings. The van der Waals surface area contributed by atoms with E-state index in [1.807, 2.05) is 6.92 Å². The Labute approximate surface area is 116 Å². The maximum Gasteiger partial charge on any atom is 0.177 e. The SMILES string of the molecule is CCC(=O)C(CC)C(=O)c1ccc(Br)cc1OC. The zero-order chi connectivity index (χ0) is 13.7. The van der Waals surface area contributed by atoms with Crippen molar-refractivity contribution in [1.82, 2.24) is 0 Å². The van der Waals surface area contributed by atoms with Gasteiger partial charge in [-0.3, -0.25) is 9.59 Å². The smallest absolute Gasteiger partial charge is 0.177 e. The molecule has 0 aromatic heterocycles. The molecule has 1 aromatic carbocycles. The first-order valence-corrected chi connectivity index (χ1v) is 6.74. The van der Waals surface area contributed by atoms with E-state index in [0.717, 1.165) is 4.47 Å². The Morgan fingerprint density at radius 1 is 1.33 bits per heavy atom. The Morgan fingerprint density at radius 2 is 2.00 bits per heavy atom. The Balaban J connectivity index is 3.13. The van der Waals surface area contributed by atoms with Gasteiger partial charge in [-0.15, -0.1) is 0 Å².